The van der Waals surface area contributed by atoms with Crippen molar-refractivity contribution in [1.29, 1.82) is 0 Å². The largest absolute Gasteiger partial charge is 0.383 e. The van der Waals surface area contributed by atoms with Gasteiger partial charge >= 0.3 is 0 Å². The normalized spacial score (nSPS) is 18.4. The third-order valence-corrected chi connectivity index (χ3v) is 3.26. The minimum Gasteiger partial charge on any atom is -0.383 e. The molecule has 96 valence electrons. The van der Waals surface area contributed by atoms with Crippen molar-refractivity contribution < 1.29 is 4.74 Å². The molecule has 1 saturated carbocycles. The van der Waals surface area contributed by atoms with Gasteiger partial charge in [0.15, 0.2) is 0 Å². The summed E-state index contributed by atoms with van der Waals surface area (Å²) in [6.45, 7) is 7.61. The van der Waals surface area contributed by atoms with Crippen LogP contribution in [0.2, 0.25) is 0 Å². The molecule has 1 atom stereocenters. The molecule has 3 heteroatoms. The van der Waals surface area contributed by atoms with Crippen LogP contribution in [0.4, 0.5) is 0 Å². The average molecular weight is 228 g/mol. The highest BCUT2D eigenvalue weighted by Gasteiger charge is 2.23. The summed E-state index contributed by atoms with van der Waals surface area (Å²) in [7, 11) is 4.00. The van der Waals surface area contributed by atoms with Gasteiger partial charge in [-0.2, -0.15) is 0 Å². The molecule has 0 aliphatic heterocycles. The second-order valence-electron chi connectivity index (χ2n) is 5.45. The van der Waals surface area contributed by atoms with Gasteiger partial charge in [-0.15, -0.1) is 0 Å². The highest BCUT2D eigenvalue weighted by molar-refractivity contribution is 4.83. The molecule has 0 spiro atoms. The van der Waals surface area contributed by atoms with E-state index >= 15 is 0 Å². The molecule has 0 saturated heterocycles. The first kappa shape index (κ1) is 13.9. The van der Waals surface area contributed by atoms with Gasteiger partial charge < -0.3 is 10.1 Å². The van der Waals surface area contributed by atoms with Gasteiger partial charge in [0.2, 0.25) is 0 Å². The summed E-state index contributed by atoms with van der Waals surface area (Å²) in [5, 5.41) is 3.59. The molecule has 0 aromatic carbocycles. The van der Waals surface area contributed by atoms with Gasteiger partial charge in [-0.25, -0.2) is 0 Å². The van der Waals surface area contributed by atoms with Gasteiger partial charge in [0.1, 0.15) is 0 Å². The lowest BCUT2D eigenvalue weighted by Gasteiger charge is -2.28. The van der Waals surface area contributed by atoms with Crippen LogP contribution in [0.1, 0.15) is 33.1 Å². The average Bonchev–Trinajstić information content (AvgIpc) is 3.04. The molecule has 3 nitrogen and oxygen atoms in total. The van der Waals surface area contributed by atoms with Crippen LogP contribution in [0.25, 0.3) is 0 Å². The lowest BCUT2D eigenvalue weighted by atomic mass is 10.1. The quantitative estimate of drug-likeness (QED) is 0.650. The predicted octanol–water partition coefficient (Wildman–Crippen LogP) is 1.73. The molecule has 1 fully saturated rings. The number of hydrogen-bond donors (Lipinski definition) is 1. The summed E-state index contributed by atoms with van der Waals surface area (Å²) in [6.07, 6.45) is 3.98. The SMILES string of the molecule is COCC(CNC1CC1)N(C)CCC(C)C. The molecule has 0 aromatic heterocycles. The van der Waals surface area contributed by atoms with Crippen molar-refractivity contribution in [3.63, 3.8) is 0 Å². The molecule has 16 heavy (non-hydrogen) atoms. The van der Waals surface area contributed by atoms with E-state index in [4.69, 9.17) is 4.74 Å². The van der Waals surface area contributed by atoms with E-state index in [1.807, 2.05) is 0 Å². The van der Waals surface area contributed by atoms with E-state index in [0.29, 0.717) is 6.04 Å². The highest BCUT2D eigenvalue weighted by atomic mass is 16.5. The number of rotatable bonds is 9. The Bertz CT molecular complexity index is 181. The maximum atomic E-state index is 5.30. The summed E-state index contributed by atoms with van der Waals surface area (Å²) in [5.74, 6) is 0.780. The summed E-state index contributed by atoms with van der Waals surface area (Å²) < 4.78 is 5.30. The van der Waals surface area contributed by atoms with Gasteiger partial charge in [0.25, 0.3) is 0 Å². The molecule has 1 aliphatic carbocycles. The third-order valence-electron chi connectivity index (χ3n) is 3.26. The van der Waals surface area contributed by atoms with Crippen LogP contribution in [0.3, 0.4) is 0 Å². The fourth-order valence-corrected chi connectivity index (χ4v) is 1.77. The molecule has 0 radical (unpaired) electrons. The van der Waals surface area contributed by atoms with Crippen molar-refractivity contribution in [2.75, 3.05) is 33.9 Å². The minimum absolute atomic E-state index is 0.518. The Hall–Kier alpha value is -0.120. The van der Waals surface area contributed by atoms with Crippen LogP contribution in [0, 0.1) is 5.92 Å². The van der Waals surface area contributed by atoms with E-state index in [1.54, 1.807) is 7.11 Å². The molecule has 1 unspecified atom stereocenters. The van der Waals surface area contributed by atoms with Crippen LogP contribution in [-0.2, 0) is 4.74 Å². The molecule has 0 heterocycles. The smallest absolute Gasteiger partial charge is 0.0630 e. The van der Waals surface area contributed by atoms with Crippen LogP contribution in [-0.4, -0.2) is 50.8 Å². The number of ether oxygens (including phenoxy) is 1. The lowest BCUT2D eigenvalue weighted by Crippen LogP contribution is -2.44. The molecular weight excluding hydrogens is 200 g/mol. The zero-order chi connectivity index (χ0) is 12.0. The first-order valence-corrected chi connectivity index (χ1v) is 6.56. The third kappa shape index (κ3) is 5.83. The van der Waals surface area contributed by atoms with Crippen LogP contribution >= 0.6 is 0 Å². The van der Waals surface area contributed by atoms with E-state index < -0.39 is 0 Å². The van der Waals surface area contributed by atoms with Crippen LogP contribution in [0.5, 0.6) is 0 Å². The maximum Gasteiger partial charge on any atom is 0.0630 e. The molecule has 1 aliphatic rings. The van der Waals surface area contributed by atoms with E-state index in [2.05, 4.69) is 31.1 Å². The number of likely N-dealkylation sites (N-methyl/N-ethyl adjacent to an activating group) is 1. The molecule has 0 aromatic rings. The fraction of sp³-hybridized carbons (Fsp3) is 1.00. The topological polar surface area (TPSA) is 24.5 Å². The number of nitrogens with one attached hydrogen (secondary N) is 1. The van der Waals surface area contributed by atoms with Gasteiger partial charge in [-0.1, -0.05) is 13.8 Å². The summed E-state index contributed by atoms with van der Waals surface area (Å²) in [6, 6.07) is 1.31. The zero-order valence-electron chi connectivity index (χ0n) is 11.3. The van der Waals surface area contributed by atoms with Crippen molar-refractivity contribution >= 4 is 0 Å². The van der Waals surface area contributed by atoms with Gasteiger partial charge in [-0.3, -0.25) is 4.90 Å². The van der Waals surface area contributed by atoms with Crippen molar-refractivity contribution in [3.05, 3.63) is 0 Å². The number of nitrogens with zero attached hydrogens (tertiary/aromatic N) is 1. The van der Waals surface area contributed by atoms with Crippen molar-refractivity contribution in [2.24, 2.45) is 5.92 Å². The van der Waals surface area contributed by atoms with Gasteiger partial charge in [0.05, 0.1) is 6.61 Å². The second-order valence-corrected chi connectivity index (χ2v) is 5.45. The summed E-state index contributed by atoms with van der Waals surface area (Å²) in [5.41, 5.74) is 0. The van der Waals surface area contributed by atoms with E-state index in [1.165, 1.54) is 19.3 Å². The standard InChI is InChI=1S/C13H28N2O/c1-11(2)7-8-15(3)13(10-16-4)9-14-12-5-6-12/h11-14H,5-10H2,1-4H3. The summed E-state index contributed by atoms with van der Waals surface area (Å²) >= 11 is 0. The van der Waals surface area contributed by atoms with E-state index in [9.17, 15) is 0 Å². The fourth-order valence-electron chi connectivity index (χ4n) is 1.77. The molecule has 0 amide bonds. The Kier molecular flexibility index (Phi) is 6.32. The lowest BCUT2D eigenvalue weighted by molar-refractivity contribution is 0.102. The first-order chi connectivity index (χ1) is 7.63. The molecule has 0 bridgehead atoms. The second kappa shape index (κ2) is 7.25. The van der Waals surface area contributed by atoms with Gasteiger partial charge in [0, 0.05) is 25.7 Å². The Morgan fingerprint density at radius 1 is 1.38 bits per heavy atom. The van der Waals surface area contributed by atoms with E-state index in [0.717, 1.165) is 31.7 Å². The molecule has 1 N–H and O–H groups in total. The van der Waals surface area contributed by atoms with E-state index in [-0.39, 0.29) is 0 Å². The monoisotopic (exact) mass is 228 g/mol. The number of hydrogen-bond acceptors (Lipinski definition) is 3. The molecule has 1 rings (SSSR count). The zero-order valence-corrected chi connectivity index (χ0v) is 11.3. The van der Waals surface area contributed by atoms with Crippen molar-refractivity contribution in [3.8, 4) is 0 Å². The molecular formula is C13H28N2O. The van der Waals surface area contributed by atoms with Crippen molar-refractivity contribution in [1.82, 2.24) is 10.2 Å². The summed E-state index contributed by atoms with van der Waals surface area (Å²) in [4.78, 5) is 2.43. The Morgan fingerprint density at radius 2 is 2.06 bits per heavy atom. The van der Waals surface area contributed by atoms with Crippen molar-refractivity contribution in [2.45, 2.75) is 45.2 Å². The number of methoxy groups -OCH3 is 1. The Balaban J connectivity index is 2.22. The Morgan fingerprint density at radius 3 is 2.56 bits per heavy atom. The Labute approximate surface area is 101 Å². The van der Waals surface area contributed by atoms with Crippen LogP contribution in [0.15, 0.2) is 0 Å². The van der Waals surface area contributed by atoms with Crippen LogP contribution < -0.4 is 5.32 Å². The maximum absolute atomic E-state index is 5.30. The van der Waals surface area contributed by atoms with Gasteiger partial charge in [-0.05, 0) is 38.8 Å². The first-order valence-electron chi connectivity index (χ1n) is 6.56. The minimum atomic E-state index is 0.518. The highest BCUT2D eigenvalue weighted by Crippen LogP contribution is 2.18. The predicted molar refractivity (Wildman–Crippen MR) is 68.8 cm³/mol.